The van der Waals surface area contributed by atoms with E-state index < -0.39 is 79.7 Å². The van der Waals surface area contributed by atoms with Crippen molar-refractivity contribution in [3.8, 4) is 0 Å². The van der Waals surface area contributed by atoms with Crippen LogP contribution in [-0.4, -0.2) is 112 Å². The van der Waals surface area contributed by atoms with Gasteiger partial charge in [-0.3, -0.25) is 19.2 Å². The van der Waals surface area contributed by atoms with E-state index in [1.807, 2.05) is 0 Å². The quantitative estimate of drug-likeness (QED) is 0.0429. The van der Waals surface area contributed by atoms with Gasteiger partial charge in [-0.25, -0.2) is 0 Å². The number of hydrogen-bond donors (Lipinski definition) is 8. The minimum Gasteiger partial charge on any atom is -0.481 e. The number of carboxylic acids is 1. The van der Waals surface area contributed by atoms with E-state index in [1.165, 1.54) is 77.0 Å². The highest BCUT2D eigenvalue weighted by Crippen LogP contribution is 2.23. The van der Waals surface area contributed by atoms with E-state index >= 15 is 0 Å². The predicted molar refractivity (Wildman–Crippen MR) is 206 cm³/mol. The van der Waals surface area contributed by atoms with E-state index in [2.05, 4.69) is 29.8 Å². The van der Waals surface area contributed by atoms with Crippen molar-refractivity contribution in [2.45, 2.75) is 211 Å². The third-order valence-corrected chi connectivity index (χ3v) is 9.99. The molecule has 14 heteroatoms. The lowest BCUT2D eigenvalue weighted by Crippen LogP contribution is -2.65. The number of hydrogen-bond acceptors (Lipinski definition) is 10. The molecule has 14 nitrogen and oxygen atoms in total. The van der Waals surface area contributed by atoms with Crippen LogP contribution in [0.4, 0.5) is 0 Å². The van der Waals surface area contributed by atoms with Crippen LogP contribution in [0, 0.1) is 0 Å². The zero-order chi connectivity index (χ0) is 40.0. The van der Waals surface area contributed by atoms with Gasteiger partial charge in [-0.1, -0.05) is 136 Å². The lowest BCUT2D eigenvalue weighted by atomic mass is 9.96. The summed E-state index contributed by atoms with van der Waals surface area (Å²) in [6.45, 7) is 3.05. The molecule has 1 fully saturated rings. The molecule has 54 heavy (non-hydrogen) atoms. The molecule has 1 aliphatic heterocycles. The fourth-order valence-corrected chi connectivity index (χ4v) is 6.64. The van der Waals surface area contributed by atoms with Crippen LogP contribution in [0.2, 0.25) is 0 Å². The average Bonchev–Trinajstić information content (AvgIpc) is 3.13. The van der Waals surface area contributed by atoms with E-state index in [0.717, 1.165) is 44.9 Å². The molecule has 1 rings (SSSR count). The molecule has 3 amide bonds. The summed E-state index contributed by atoms with van der Waals surface area (Å²) in [6, 6.07) is -2.60. The Morgan fingerprint density at radius 3 is 1.74 bits per heavy atom. The van der Waals surface area contributed by atoms with Gasteiger partial charge < -0.3 is 51.0 Å². The summed E-state index contributed by atoms with van der Waals surface area (Å²) in [6.07, 6.45) is 15.6. The molecule has 0 aromatic carbocycles. The smallest absolute Gasteiger partial charge is 0.305 e. The van der Waals surface area contributed by atoms with Gasteiger partial charge in [0.1, 0.15) is 30.4 Å². The van der Waals surface area contributed by atoms with Gasteiger partial charge in [-0.2, -0.15) is 0 Å². The summed E-state index contributed by atoms with van der Waals surface area (Å²) >= 11 is 0. The van der Waals surface area contributed by atoms with Gasteiger partial charge in [0.05, 0.1) is 32.2 Å². The number of carbonyl (C=O) groups excluding carboxylic acids is 3. The van der Waals surface area contributed by atoms with Gasteiger partial charge in [0.25, 0.3) is 0 Å². The molecular weight excluding hydrogens is 698 g/mol. The second-order valence-corrected chi connectivity index (χ2v) is 14.9. The largest absolute Gasteiger partial charge is 0.481 e. The molecule has 1 saturated heterocycles. The Labute approximate surface area is 323 Å². The fourth-order valence-electron chi connectivity index (χ4n) is 6.64. The van der Waals surface area contributed by atoms with Crippen molar-refractivity contribution < 1.29 is 54.2 Å². The van der Waals surface area contributed by atoms with Crippen LogP contribution in [0.3, 0.4) is 0 Å². The van der Waals surface area contributed by atoms with Gasteiger partial charge in [-0.05, 0) is 12.8 Å². The Morgan fingerprint density at radius 2 is 1.22 bits per heavy atom. The number of ether oxygens (including phenoxy) is 2. The van der Waals surface area contributed by atoms with Crippen LogP contribution in [0.15, 0.2) is 0 Å². The van der Waals surface area contributed by atoms with Crippen molar-refractivity contribution in [1.82, 2.24) is 16.0 Å². The molecular formula is C40H75N3O11. The Hall–Kier alpha value is -2.36. The van der Waals surface area contributed by atoms with Crippen LogP contribution in [0.1, 0.15) is 168 Å². The molecule has 1 aliphatic rings. The SMILES string of the molecule is CCCCCCCCCCCCCC(=O)N[C@@H](CO[C@@H]1O[C@H](CO)[C@@H](O)[C@H](O)[C@H]1NC(=O)C[C@H](O)CCCCCCCCCCC)C(=O)NCCC(=O)O. The number of nitrogens with one attached hydrogen (secondary N) is 3. The van der Waals surface area contributed by atoms with Crippen molar-refractivity contribution in [2.24, 2.45) is 0 Å². The molecule has 1 heterocycles. The first-order valence-electron chi connectivity index (χ1n) is 21.0. The third-order valence-electron chi connectivity index (χ3n) is 9.99. The monoisotopic (exact) mass is 774 g/mol. The van der Waals surface area contributed by atoms with E-state index in [-0.39, 0.29) is 25.8 Å². The summed E-state index contributed by atoms with van der Waals surface area (Å²) < 4.78 is 11.5. The number of amides is 3. The Kier molecular flexibility index (Phi) is 29.2. The minimum atomic E-state index is -1.63. The highest BCUT2D eigenvalue weighted by atomic mass is 16.7. The first-order chi connectivity index (χ1) is 26.0. The van der Waals surface area contributed by atoms with Gasteiger partial charge in [0.15, 0.2) is 6.29 Å². The number of aliphatic hydroxyl groups is 4. The van der Waals surface area contributed by atoms with Gasteiger partial charge in [0, 0.05) is 13.0 Å². The number of carbonyl (C=O) groups is 4. The lowest BCUT2D eigenvalue weighted by molar-refractivity contribution is -0.271. The van der Waals surface area contributed by atoms with Crippen LogP contribution in [0.25, 0.3) is 0 Å². The van der Waals surface area contributed by atoms with Crippen molar-refractivity contribution >= 4 is 23.7 Å². The zero-order valence-electron chi connectivity index (χ0n) is 33.3. The van der Waals surface area contributed by atoms with Crippen LogP contribution in [-0.2, 0) is 28.7 Å². The molecule has 0 saturated carbocycles. The van der Waals surface area contributed by atoms with Crippen molar-refractivity contribution in [2.75, 3.05) is 19.8 Å². The average molecular weight is 774 g/mol. The zero-order valence-corrected chi connectivity index (χ0v) is 33.3. The van der Waals surface area contributed by atoms with Gasteiger partial charge >= 0.3 is 5.97 Å². The molecule has 0 unspecified atom stereocenters. The highest BCUT2D eigenvalue weighted by Gasteiger charge is 2.46. The third kappa shape index (κ3) is 23.5. The van der Waals surface area contributed by atoms with Crippen molar-refractivity contribution in [1.29, 1.82) is 0 Å². The lowest BCUT2D eigenvalue weighted by Gasteiger charge is -2.42. The molecule has 0 aromatic heterocycles. The summed E-state index contributed by atoms with van der Waals surface area (Å²) in [7, 11) is 0. The van der Waals surface area contributed by atoms with Crippen LogP contribution < -0.4 is 16.0 Å². The fraction of sp³-hybridized carbons (Fsp3) is 0.900. The predicted octanol–water partition coefficient (Wildman–Crippen LogP) is 4.38. The second kappa shape index (κ2) is 31.8. The number of aliphatic hydroxyl groups excluding tert-OH is 4. The standard InChI is InChI=1S/C40H75N3O11/c1-3-5-7-9-11-13-14-16-18-20-22-24-33(46)42-31(39(52)41-26-25-35(48)49)29-53-40-36(38(51)37(50)32(28-44)54-40)43-34(47)27-30(45)23-21-19-17-15-12-10-8-6-4-2/h30-32,36-38,40,44-45,50-51H,3-29H2,1-2H3,(H,41,52)(H,42,46)(H,43,47)(H,48,49)/t30-,31+,32-,36-,37-,38-,40-/m1/s1. The molecule has 0 spiro atoms. The molecule has 7 atom stereocenters. The summed E-state index contributed by atoms with van der Waals surface area (Å²) in [5, 5.41) is 58.4. The number of carboxylic acid groups (broad SMARTS) is 1. The Balaban J connectivity index is 2.71. The number of rotatable bonds is 34. The van der Waals surface area contributed by atoms with E-state index in [0.29, 0.717) is 12.8 Å². The maximum absolute atomic E-state index is 13.0. The molecule has 0 radical (unpaired) electrons. The van der Waals surface area contributed by atoms with Crippen LogP contribution >= 0.6 is 0 Å². The maximum Gasteiger partial charge on any atom is 0.305 e. The van der Waals surface area contributed by atoms with E-state index in [9.17, 15) is 39.6 Å². The molecule has 0 aliphatic carbocycles. The van der Waals surface area contributed by atoms with Crippen molar-refractivity contribution in [3.05, 3.63) is 0 Å². The second-order valence-electron chi connectivity index (χ2n) is 14.9. The minimum absolute atomic E-state index is 0.174. The number of aliphatic carboxylic acids is 1. The Morgan fingerprint density at radius 1 is 0.704 bits per heavy atom. The molecule has 8 N–H and O–H groups in total. The van der Waals surface area contributed by atoms with Crippen molar-refractivity contribution in [3.63, 3.8) is 0 Å². The number of unbranched alkanes of at least 4 members (excludes halogenated alkanes) is 18. The maximum atomic E-state index is 13.0. The summed E-state index contributed by atoms with van der Waals surface area (Å²) in [4.78, 5) is 49.9. The first-order valence-corrected chi connectivity index (χ1v) is 21.0. The normalized spacial score (nSPS) is 21.0. The first kappa shape index (κ1) is 49.7. The van der Waals surface area contributed by atoms with Gasteiger partial charge in [-0.15, -0.1) is 0 Å². The van der Waals surface area contributed by atoms with E-state index in [1.54, 1.807) is 0 Å². The molecule has 316 valence electrons. The molecule has 0 aromatic rings. The highest BCUT2D eigenvalue weighted by molar-refractivity contribution is 5.88. The van der Waals surface area contributed by atoms with Crippen LogP contribution in [0.5, 0.6) is 0 Å². The summed E-state index contributed by atoms with van der Waals surface area (Å²) in [5.41, 5.74) is 0. The van der Waals surface area contributed by atoms with E-state index in [4.69, 9.17) is 14.6 Å². The molecule has 0 bridgehead atoms. The Bertz CT molecular complexity index is 1000. The van der Waals surface area contributed by atoms with Gasteiger partial charge in [0.2, 0.25) is 17.7 Å². The summed E-state index contributed by atoms with van der Waals surface area (Å²) in [5.74, 6) is -2.82. The topological polar surface area (TPSA) is 224 Å².